The monoisotopic (exact) mass is 1400 g/mol. The van der Waals surface area contributed by atoms with Gasteiger partial charge in [-0.3, -0.25) is 0 Å². The van der Waals surface area contributed by atoms with E-state index in [1.165, 1.54) is 165 Å². The van der Waals surface area contributed by atoms with E-state index in [1.807, 2.05) is 18.2 Å². The number of hydrogen-bond acceptors (Lipinski definition) is 2. The van der Waals surface area contributed by atoms with Crippen molar-refractivity contribution in [2.24, 2.45) is 0 Å². The summed E-state index contributed by atoms with van der Waals surface area (Å²) >= 11 is 0. The van der Waals surface area contributed by atoms with Crippen molar-refractivity contribution < 1.29 is 8.83 Å². The predicted molar refractivity (Wildman–Crippen MR) is 462 cm³/mol. The van der Waals surface area contributed by atoms with E-state index in [4.69, 9.17) is 8.83 Å². The summed E-state index contributed by atoms with van der Waals surface area (Å²) in [6.07, 6.45) is 0. The largest absolute Gasteiger partial charge is 0.456 e. The first-order valence-corrected chi connectivity index (χ1v) is 37.7. The van der Waals surface area contributed by atoms with Gasteiger partial charge in [0.1, 0.15) is 22.3 Å². The van der Waals surface area contributed by atoms with E-state index in [0.717, 1.165) is 55.3 Å². The Labute approximate surface area is 631 Å². The van der Waals surface area contributed by atoms with Crippen LogP contribution in [-0.2, 0) is 0 Å². The number of para-hydroxylation sites is 6. The Morgan fingerprint density at radius 3 is 0.936 bits per heavy atom. The molecule has 0 fully saturated rings. The van der Waals surface area contributed by atoms with Gasteiger partial charge in [-0.2, -0.15) is 0 Å². The van der Waals surface area contributed by atoms with E-state index < -0.39 is 0 Å². The molecule has 0 unspecified atom stereocenters. The van der Waals surface area contributed by atoms with Gasteiger partial charge in [-0.05, 0) is 230 Å². The fourth-order valence-corrected chi connectivity index (χ4v) is 17.9. The van der Waals surface area contributed by atoms with Gasteiger partial charge >= 0.3 is 0 Å². The Balaban J connectivity index is 0.000000132. The molecule has 18 aromatic carbocycles. The maximum absolute atomic E-state index is 6.31. The zero-order valence-corrected chi connectivity index (χ0v) is 59.6. The summed E-state index contributed by atoms with van der Waals surface area (Å²) in [5.41, 5.74) is 27.3. The summed E-state index contributed by atoms with van der Waals surface area (Å²) in [4.78, 5) is 0. The molecule has 6 aromatic heterocycles. The molecule has 0 radical (unpaired) electrons. The quantitative estimate of drug-likeness (QED) is 0.152. The van der Waals surface area contributed by atoms with Crippen LogP contribution in [0.1, 0.15) is 0 Å². The van der Waals surface area contributed by atoms with Gasteiger partial charge in [0.05, 0.1) is 44.1 Å². The molecule has 6 heterocycles. The molecule has 6 nitrogen and oxygen atoms in total. The molecule has 0 aliphatic rings. The molecule has 110 heavy (non-hydrogen) atoms. The van der Waals surface area contributed by atoms with Gasteiger partial charge in [-0.25, -0.2) is 0 Å². The number of furan rings is 2. The minimum atomic E-state index is 0.906. The van der Waals surface area contributed by atoms with Crippen LogP contribution >= 0.6 is 0 Å². The Hall–Kier alpha value is -14.7. The second-order valence-corrected chi connectivity index (χ2v) is 29.1. The molecule has 0 aliphatic carbocycles. The molecular formula is C104H64N4O2. The molecule has 512 valence electrons. The van der Waals surface area contributed by atoms with Gasteiger partial charge in [-0.1, -0.05) is 224 Å². The maximum atomic E-state index is 6.31. The van der Waals surface area contributed by atoms with E-state index in [9.17, 15) is 0 Å². The number of nitrogens with zero attached hydrogens (tertiary/aromatic N) is 4. The molecule has 0 N–H and O–H groups in total. The molecule has 0 saturated carbocycles. The van der Waals surface area contributed by atoms with Crippen LogP contribution in [0.2, 0.25) is 0 Å². The number of aromatic nitrogens is 4. The van der Waals surface area contributed by atoms with Crippen LogP contribution in [0.25, 0.3) is 220 Å². The van der Waals surface area contributed by atoms with E-state index in [0.29, 0.717) is 0 Å². The van der Waals surface area contributed by atoms with E-state index >= 15 is 0 Å². The van der Waals surface area contributed by atoms with Crippen molar-refractivity contribution in [1.29, 1.82) is 0 Å². The molecule has 0 saturated heterocycles. The van der Waals surface area contributed by atoms with Crippen molar-refractivity contribution in [1.82, 2.24) is 18.3 Å². The number of hydrogen-bond donors (Lipinski definition) is 0. The smallest absolute Gasteiger partial charge is 0.136 e. The lowest BCUT2D eigenvalue weighted by atomic mass is 9.97. The second kappa shape index (κ2) is 24.4. The third-order valence-corrected chi connectivity index (χ3v) is 23.0. The first kappa shape index (κ1) is 61.6. The van der Waals surface area contributed by atoms with Gasteiger partial charge in [0, 0.05) is 87.4 Å². The van der Waals surface area contributed by atoms with E-state index in [2.05, 4.69) is 388 Å². The van der Waals surface area contributed by atoms with Crippen LogP contribution in [0, 0.1) is 0 Å². The van der Waals surface area contributed by atoms with Crippen molar-refractivity contribution in [3.8, 4) is 67.3 Å². The average Bonchev–Trinajstić information content (AvgIpc) is 1.59. The minimum Gasteiger partial charge on any atom is -0.456 e. The number of rotatable bonds is 8. The highest BCUT2D eigenvalue weighted by molar-refractivity contribution is 6.18. The zero-order chi connectivity index (χ0) is 72.1. The summed E-state index contributed by atoms with van der Waals surface area (Å²) in [7, 11) is 0. The molecule has 24 rings (SSSR count). The Morgan fingerprint density at radius 1 is 0.155 bits per heavy atom. The van der Waals surface area contributed by atoms with Crippen LogP contribution in [0.5, 0.6) is 0 Å². The van der Waals surface area contributed by atoms with E-state index in [-0.39, 0.29) is 0 Å². The lowest BCUT2D eigenvalue weighted by Crippen LogP contribution is -1.94. The van der Waals surface area contributed by atoms with Crippen molar-refractivity contribution in [2.75, 3.05) is 0 Å². The Kier molecular flexibility index (Phi) is 13.7. The molecule has 0 bridgehead atoms. The van der Waals surface area contributed by atoms with Gasteiger partial charge in [-0.15, -0.1) is 0 Å². The highest BCUT2D eigenvalue weighted by Gasteiger charge is 2.22. The summed E-state index contributed by atoms with van der Waals surface area (Å²) < 4.78 is 22.1. The third kappa shape index (κ3) is 9.69. The van der Waals surface area contributed by atoms with Crippen molar-refractivity contribution in [3.63, 3.8) is 0 Å². The van der Waals surface area contributed by atoms with E-state index in [1.54, 1.807) is 0 Å². The van der Waals surface area contributed by atoms with Crippen molar-refractivity contribution in [2.45, 2.75) is 0 Å². The van der Waals surface area contributed by atoms with Gasteiger partial charge in [0.15, 0.2) is 0 Å². The number of fused-ring (bicyclic) bond motifs is 20. The molecule has 0 atom stereocenters. The summed E-state index contributed by atoms with van der Waals surface area (Å²) in [5.74, 6) is 0. The average molecular weight is 1400 g/mol. The topological polar surface area (TPSA) is 46.0 Å². The fourth-order valence-electron chi connectivity index (χ4n) is 17.9. The third-order valence-electron chi connectivity index (χ3n) is 23.0. The maximum Gasteiger partial charge on any atom is 0.136 e. The molecule has 0 amide bonds. The van der Waals surface area contributed by atoms with Gasteiger partial charge in [0.25, 0.3) is 0 Å². The predicted octanol–water partition coefficient (Wildman–Crippen LogP) is 28.5. The normalized spacial score (nSPS) is 12.0. The number of benzene rings is 18. The molecule has 6 heteroatoms. The Bertz CT molecular complexity index is 7910. The molecule has 0 aliphatic heterocycles. The summed E-state index contributed by atoms with van der Waals surface area (Å²) in [6.45, 7) is 0. The van der Waals surface area contributed by atoms with Crippen LogP contribution in [0.15, 0.2) is 397 Å². The lowest BCUT2D eigenvalue weighted by molar-refractivity contribution is 0.668. The fraction of sp³-hybridized carbons (Fsp3) is 0. The van der Waals surface area contributed by atoms with Gasteiger partial charge in [0.2, 0.25) is 0 Å². The first-order chi connectivity index (χ1) is 54.5. The molecular weight excluding hydrogens is 1340 g/mol. The van der Waals surface area contributed by atoms with Gasteiger partial charge < -0.3 is 27.1 Å². The highest BCUT2D eigenvalue weighted by atomic mass is 16.3. The summed E-state index contributed by atoms with van der Waals surface area (Å²) in [5, 5.41) is 19.4. The molecule has 24 aromatic rings. The zero-order valence-electron chi connectivity index (χ0n) is 59.6. The van der Waals surface area contributed by atoms with Crippen molar-refractivity contribution >= 4 is 153 Å². The SMILES string of the molecule is c1ccc(-n2c3ccccc3c3cc(-c4ccc5c(c4)c4cc(-c6ccc7oc8ccccc8c7c6)ccc4n5-c4ccc5ccccc5c4)ccc32)cc1.c1ccc(-n2c3ccccc3c3cc(-c4ccc5c(c4)c4cc(-c6cccc7oc8ccccc8c67)ccc4n5-c4ccc5ccccc5c4)ccc32)cc1. The van der Waals surface area contributed by atoms with Crippen molar-refractivity contribution in [3.05, 3.63) is 388 Å². The Morgan fingerprint density at radius 2 is 0.464 bits per heavy atom. The standard InChI is InChI=1S/2C52H32N2O/c1-2-13-38(14-3-1)53-46-18-8-6-15-41(46)43-30-35(22-26-47(43)53)36-23-27-48-44(31-36)45-32-37(40-17-10-20-51-52(40)42-16-7-9-19-50(42)55-51)24-28-49(45)54(48)39-25-21-33-11-4-5-12-34(33)29-39;1-2-12-39(13-3-1)53-47-16-8-6-14-41(47)43-29-35(19-24-48(43)53)36-20-25-49-44(30-36)45-31-37(38-22-27-52-46(32-38)42-15-7-9-17-51(42)55-52)21-26-50(45)54(49)40-23-18-33-10-4-5-11-34(33)28-40/h2*1-32H. The minimum absolute atomic E-state index is 0.906. The van der Waals surface area contributed by atoms with Crippen LogP contribution in [-0.4, -0.2) is 18.3 Å². The molecule has 0 spiro atoms. The summed E-state index contributed by atoms with van der Waals surface area (Å²) in [6, 6.07) is 141. The first-order valence-electron chi connectivity index (χ1n) is 37.7. The lowest BCUT2D eigenvalue weighted by Gasteiger charge is -2.10. The van der Waals surface area contributed by atoms with Crippen LogP contribution in [0.4, 0.5) is 0 Å². The van der Waals surface area contributed by atoms with Crippen LogP contribution in [0.3, 0.4) is 0 Å². The van der Waals surface area contributed by atoms with Crippen LogP contribution < -0.4 is 0 Å². The highest BCUT2D eigenvalue weighted by Crippen LogP contribution is 2.45. The second-order valence-electron chi connectivity index (χ2n) is 29.1.